The van der Waals surface area contributed by atoms with Gasteiger partial charge in [-0.05, 0) is 43.3 Å². The number of hydrogen-bond donors (Lipinski definition) is 1. The molecular formula is C19H15F2N3O2. The van der Waals surface area contributed by atoms with Crippen molar-refractivity contribution in [3.8, 4) is 22.6 Å². The average Bonchev–Trinajstić information content (AvgIpc) is 3.11. The third-order valence-electron chi connectivity index (χ3n) is 4.35. The molecule has 0 radical (unpaired) electrons. The van der Waals surface area contributed by atoms with Crippen molar-refractivity contribution in [3.63, 3.8) is 0 Å². The van der Waals surface area contributed by atoms with Crippen LogP contribution in [-0.2, 0) is 0 Å². The van der Waals surface area contributed by atoms with Crippen molar-refractivity contribution in [2.24, 2.45) is 0 Å². The molecule has 0 atom stereocenters. The average molecular weight is 355 g/mol. The van der Waals surface area contributed by atoms with E-state index in [2.05, 4.69) is 5.10 Å². The van der Waals surface area contributed by atoms with Gasteiger partial charge in [-0.15, -0.1) is 0 Å². The molecule has 0 amide bonds. The maximum Gasteiger partial charge on any atom is 0.352 e. The van der Waals surface area contributed by atoms with E-state index in [1.54, 1.807) is 44.5 Å². The summed E-state index contributed by atoms with van der Waals surface area (Å²) in [5.41, 5.74) is 2.21. The van der Waals surface area contributed by atoms with Gasteiger partial charge >= 0.3 is 5.69 Å². The third kappa shape index (κ3) is 2.40. The quantitative estimate of drug-likeness (QED) is 0.609. The third-order valence-corrected chi connectivity index (χ3v) is 4.35. The van der Waals surface area contributed by atoms with Crippen molar-refractivity contribution in [1.29, 1.82) is 0 Å². The van der Waals surface area contributed by atoms with Crippen molar-refractivity contribution in [2.45, 2.75) is 6.92 Å². The fourth-order valence-electron chi connectivity index (χ4n) is 3.11. The number of hydrogen-bond acceptors (Lipinski definition) is 2. The number of ether oxygens (including phenoxy) is 1. The van der Waals surface area contributed by atoms with Gasteiger partial charge in [-0.2, -0.15) is 0 Å². The second-order valence-electron chi connectivity index (χ2n) is 5.94. The minimum absolute atomic E-state index is 0.231. The fraction of sp³-hybridized carbons (Fsp3) is 0.105. The molecule has 7 heteroatoms. The Balaban J connectivity index is 1.93. The Morgan fingerprint density at radius 3 is 2.46 bits per heavy atom. The van der Waals surface area contributed by atoms with Crippen LogP contribution in [0.5, 0.6) is 5.75 Å². The molecule has 0 saturated carbocycles. The number of imidazole rings is 1. The Kier molecular flexibility index (Phi) is 3.64. The predicted molar refractivity (Wildman–Crippen MR) is 94.0 cm³/mol. The Hall–Kier alpha value is -3.35. The van der Waals surface area contributed by atoms with Crippen molar-refractivity contribution in [2.75, 3.05) is 7.11 Å². The molecule has 0 aliphatic carbocycles. The molecule has 4 rings (SSSR count). The minimum Gasteiger partial charge on any atom is -0.497 e. The van der Waals surface area contributed by atoms with Gasteiger partial charge < -0.3 is 4.74 Å². The van der Waals surface area contributed by atoms with Crippen LogP contribution in [0, 0.1) is 18.6 Å². The van der Waals surface area contributed by atoms with Gasteiger partial charge in [0.2, 0.25) is 0 Å². The topological polar surface area (TPSA) is 51.4 Å². The van der Waals surface area contributed by atoms with Crippen LogP contribution < -0.4 is 10.4 Å². The zero-order valence-electron chi connectivity index (χ0n) is 14.1. The van der Waals surface area contributed by atoms with Gasteiger partial charge in [0.15, 0.2) is 0 Å². The number of rotatable bonds is 3. The van der Waals surface area contributed by atoms with Gasteiger partial charge in [-0.3, -0.25) is 9.67 Å². The molecule has 4 aromatic rings. The summed E-state index contributed by atoms with van der Waals surface area (Å²) in [6.07, 6.45) is 1.63. The first-order valence-electron chi connectivity index (χ1n) is 7.92. The van der Waals surface area contributed by atoms with Crippen molar-refractivity contribution < 1.29 is 13.5 Å². The van der Waals surface area contributed by atoms with Gasteiger partial charge in [-0.25, -0.2) is 18.1 Å². The molecule has 0 saturated heterocycles. The highest BCUT2D eigenvalue weighted by atomic mass is 19.1. The smallest absolute Gasteiger partial charge is 0.352 e. The van der Waals surface area contributed by atoms with E-state index >= 15 is 0 Å². The van der Waals surface area contributed by atoms with Crippen LogP contribution in [0.4, 0.5) is 8.78 Å². The molecule has 0 aliphatic heterocycles. The van der Waals surface area contributed by atoms with Gasteiger partial charge in [0.25, 0.3) is 0 Å². The number of benzene rings is 2. The maximum absolute atomic E-state index is 14.3. The molecule has 26 heavy (non-hydrogen) atoms. The van der Waals surface area contributed by atoms with Crippen molar-refractivity contribution in [3.05, 3.63) is 76.5 Å². The summed E-state index contributed by atoms with van der Waals surface area (Å²) < 4.78 is 35.4. The number of methoxy groups -OCH3 is 1. The van der Waals surface area contributed by atoms with E-state index in [0.29, 0.717) is 28.2 Å². The van der Waals surface area contributed by atoms with Crippen LogP contribution in [0.2, 0.25) is 0 Å². The predicted octanol–water partition coefficient (Wildman–Crippen LogP) is 3.68. The van der Waals surface area contributed by atoms with Crippen LogP contribution in [0.3, 0.4) is 0 Å². The fourth-order valence-corrected chi connectivity index (χ4v) is 3.11. The number of aryl methyl sites for hydroxylation is 1. The highest BCUT2D eigenvalue weighted by Crippen LogP contribution is 2.30. The van der Waals surface area contributed by atoms with Gasteiger partial charge in [0.05, 0.1) is 18.3 Å². The lowest BCUT2D eigenvalue weighted by molar-refractivity contribution is 0.414. The van der Waals surface area contributed by atoms with Crippen molar-refractivity contribution in [1.82, 2.24) is 14.2 Å². The maximum atomic E-state index is 14.3. The number of H-pyrrole nitrogens is 1. The standard InChI is InChI=1S/C19H15F2N3O2/c1-11-18(15-8-3-12(20)9-16(15)21)17-10-23(19(25)24(17)22-11)13-4-6-14(26-2)7-5-13/h3-10,22H,1-2H3. The zero-order valence-corrected chi connectivity index (χ0v) is 14.1. The summed E-state index contributed by atoms with van der Waals surface area (Å²) >= 11 is 0. The highest BCUT2D eigenvalue weighted by Gasteiger charge is 2.19. The molecule has 0 bridgehead atoms. The van der Waals surface area contributed by atoms with Gasteiger partial charge in [-0.1, -0.05) is 0 Å². The van der Waals surface area contributed by atoms with E-state index in [1.807, 2.05) is 0 Å². The normalized spacial score (nSPS) is 11.2. The van der Waals surface area contributed by atoms with E-state index in [9.17, 15) is 13.6 Å². The molecule has 2 aromatic carbocycles. The Morgan fingerprint density at radius 1 is 1.08 bits per heavy atom. The van der Waals surface area contributed by atoms with E-state index in [0.717, 1.165) is 6.07 Å². The SMILES string of the molecule is COc1ccc(-n2cc3c(-c4ccc(F)cc4F)c(C)[nH]n3c2=O)cc1. The van der Waals surface area contributed by atoms with E-state index in [4.69, 9.17) is 4.74 Å². The lowest BCUT2D eigenvalue weighted by Gasteiger charge is -2.04. The molecule has 0 unspecified atom stereocenters. The first-order valence-corrected chi connectivity index (χ1v) is 7.92. The lowest BCUT2D eigenvalue weighted by atomic mass is 10.0. The number of fused-ring (bicyclic) bond motifs is 1. The van der Waals surface area contributed by atoms with Crippen LogP contribution >= 0.6 is 0 Å². The molecule has 2 aromatic heterocycles. The van der Waals surface area contributed by atoms with Gasteiger partial charge in [0.1, 0.15) is 17.4 Å². The Labute approximate surface area is 147 Å². The first-order chi connectivity index (χ1) is 12.5. The summed E-state index contributed by atoms with van der Waals surface area (Å²) in [4.78, 5) is 12.7. The van der Waals surface area contributed by atoms with E-state index < -0.39 is 11.6 Å². The number of aromatic amines is 1. The molecule has 0 aliphatic rings. The highest BCUT2D eigenvalue weighted by molar-refractivity contribution is 5.82. The van der Waals surface area contributed by atoms with Crippen molar-refractivity contribution >= 4 is 5.52 Å². The Bertz CT molecular complexity index is 1170. The number of halogens is 2. The first kappa shape index (κ1) is 16.1. The van der Waals surface area contributed by atoms with Gasteiger partial charge in [0, 0.05) is 29.1 Å². The Morgan fingerprint density at radius 2 is 1.81 bits per heavy atom. The summed E-state index contributed by atoms with van der Waals surface area (Å²) in [5, 5.41) is 2.95. The molecule has 132 valence electrons. The molecule has 0 spiro atoms. The summed E-state index contributed by atoms with van der Waals surface area (Å²) in [6, 6.07) is 10.4. The molecule has 2 heterocycles. The second-order valence-corrected chi connectivity index (χ2v) is 5.94. The monoisotopic (exact) mass is 355 g/mol. The molecule has 5 nitrogen and oxygen atoms in total. The molecule has 1 N–H and O–H groups in total. The second kappa shape index (κ2) is 5.87. The largest absolute Gasteiger partial charge is 0.497 e. The molecule has 0 fully saturated rings. The number of aromatic nitrogens is 3. The lowest BCUT2D eigenvalue weighted by Crippen LogP contribution is -2.19. The molecular weight excluding hydrogens is 340 g/mol. The number of nitrogens with zero attached hydrogens (tertiary/aromatic N) is 2. The van der Waals surface area contributed by atoms with E-state index in [-0.39, 0.29) is 11.3 Å². The zero-order chi connectivity index (χ0) is 18.4. The summed E-state index contributed by atoms with van der Waals surface area (Å²) in [7, 11) is 1.56. The van der Waals surface area contributed by atoms with Crippen LogP contribution in [0.15, 0.2) is 53.5 Å². The van der Waals surface area contributed by atoms with Crippen LogP contribution in [0.1, 0.15) is 5.69 Å². The van der Waals surface area contributed by atoms with Crippen LogP contribution in [-0.4, -0.2) is 21.3 Å². The van der Waals surface area contributed by atoms with Crippen LogP contribution in [0.25, 0.3) is 22.3 Å². The summed E-state index contributed by atoms with van der Waals surface area (Å²) in [6.45, 7) is 1.74. The van der Waals surface area contributed by atoms with E-state index in [1.165, 1.54) is 21.2 Å². The summed E-state index contributed by atoms with van der Waals surface area (Å²) in [5.74, 6) is -0.653. The minimum atomic E-state index is -0.681. The number of nitrogens with one attached hydrogen (secondary N) is 1.